The van der Waals surface area contributed by atoms with Crippen molar-refractivity contribution in [2.24, 2.45) is 5.92 Å². The number of likely N-dealkylation sites (tertiary alicyclic amines) is 1. The first kappa shape index (κ1) is 15.3. The van der Waals surface area contributed by atoms with Crippen LogP contribution in [0.2, 0.25) is 0 Å². The Balaban J connectivity index is 1.86. The van der Waals surface area contributed by atoms with E-state index in [4.69, 9.17) is 4.74 Å². The quantitative estimate of drug-likeness (QED) is 0.829. The number of hydrogen-bond acceptors (Lipinski definition) is 3. The third kappa shape index (κ3) is 4.17. The fraction of sp³-hybridized carbons (Fsp3) is 1.00. The van der Waals surface area contributed by atoms with Crippen LogP contribution in [0.25, 0.3) is 0 Å². The molecule has 3 nitrogen and oxygen atoms in total. The van der Waals surface area contributed by atoms with Gasteiger partial charge >= 0.3 is 0 Å². The summed E-state index contributed by atoms with van der Waals surface area (Å²) < 4.78 is 5.71. The molecule has 19 heavy (non-hydrogen) atoms. The number of methoxy groups -OCH3 is 1. The van der Waals surface area contributed by atoms with Gasteiger partial charge in [-0.15, -0.1) is 0 Å². The van der Waals surface area contributed by atoms with Gasteiger partial charge in [-0.3, -0.25) is 4.90 Å². The Kier molecular flexibility index (Phi) is 5.67. The van der Waals surface area contributed by atoms with E-state index in [0.29, 0.717) is 6.04 Å². The van der Waals surface area contributed by atoms with Crippen LogP contribution in [0.4, 0.5) is 0 Å². The molecule has 112 valence electrons. The Labute approximate surface area is 119 Å². The van der Waals surface area contributed by atoms with Crippen LogP contribution in [0.5, 0.6) is 0 Å². The Bertz CT molecular complexity index is 265. The van der Waals surface area contributed by atoms with Gasteiger partial charge in [0, 0.05) is 26.2 Å². The van der Waals surface area contributed by atoms with Gasteiger partial charge in [0.1, 0.15) is 0 Å². The summed E-state index contributed by atoms with van der Waals surface area (Å²) in [6, 6.07) is 0.666. The van der Waals surface area contributed by atoms with Gasteiger partial charge in [-0.2, -0.15) is 0 Å². The molecule has 2 rings (SSSR count). The average molecular weight is 268 g/mol. The molecule has 0 aromatic rings. The summed E-state index contributed by atoms with van der Waals surface area (Å²) in [6.07, 6.45) is 9.61. The van der Waals surface area contributed by atoms with E-state index < -0.39 is 0 Å². The van der Waals surface area contributed by atoms with Gasteiger partial charge in [0.2, 0.25) is 0 Å². The number of likely N-dealkylation sites (N-methyl/N-ethyl adjacent to an activating group) is 1. The monoisotopic (exact) mass is 268 g/mol. The lowest BCUT2D eigenvalue weighted by atomic mass is 9.83. The van der Waals surface area contributed by atoms with Crippen molar-refractivity contribution in [3.05, 3.63) is 0 Å². The lowest BCUT2D eigenvalue weighted by molar-refractivity contribution is -0.0537. The lowest BCUT2D eigenvalue weighted by Crippen LogP contribution is -2.52. The summed E-state index contributed by atoms with van der Waals surface area (Å²) in [5.74, 6) is 0.884. The van der Waals surface area contributed by atoms with E-state index in [1.165, 1.54) is 58.0 Å². The van der Waals surface area contributed by atoms with E-state index in [2.05, 4.69) is 24.2 Å². The number of rotatable bonds is 5. The van der Waals surface area contributed by atoms with Gasteiger partial charge in [0.05, 0.1) is 5.60 Å². The molecule has 0 aromatic heterocycles. The first-order valence-electron chi connectivity index (χ1n) is 8.11. The number of nitrogens with zero attached hydrogens (tertiary/aromatic N) is 1. The van der Waals surface area contributed by atoms with Crippen molar-refractivity contribution in [3.8, 4) is 0 Å². The molecule has 2 aliphatic rings. The van der Waals surface area contributed by atoms with E-state index in [1.807, 2.05) is 7.11 Å². The molecule has 1 aliphatic heterocycles. The smallest absolute Gasteiger partial charge is 0.0777 e. The normalized spacial score (nSPS) is 32.4. The molecule has 1 saturated carbocycles. The summed E-state index contributed by atoms with van der Waals surface area (Å²) in [7, 11) is 4.00. The average Bonchev–Trinajstić information content (AvgIpc) is 2.46. The third-order valence-corrected chi connectivity index (χ3v) is 5.28. The van der Waals surface area contributed by atoms with Crippen LogP contribution in [0.1, 0.15) is 51.9 Å². The van der Waals surface area contributed by atoms with E-state index in [-0.39, 0.29) is 5.60 Å². The number of hydrogen-bond donors (Lipinski definition) is 1. The molecule has 1 aliphatic carbocycles. The van der Waals surface area contributed by atoms with Crippen molar-refractivity contribution in [1.29, 1.82) is 0 Å². The molecule has 0 amide bonds. The molecular weight excluding hydrogens is 236 g/mol. The van der Waals surface area contributed by atoms with Crippen molar-refractivity contribution in [2.75, 3.05) is 33.8 Å². The Hall–Kier alpha value is -0.120. The minimum Gasteiger partial charge on any atom is -0.377 e. The molecule has 2 fully saturated rings. The number of ether oxygens (including phenoxy) is 1. The van der Waals surface area contributed by atoms with Gasteiger partial charge in [-0.05, 0) is 52.1 Å². The van der Waals surface area contributed by atoms with Crippen molar-refractivity contribution < 1.29 is 4.74 Å². The summed E-state index contributed by atoms with van der Waals surface area (Å²) in [5.41, 5.74) is 0.0725. The highest BCUT2D eigenvalue weighted by atomic mass is 16.5. The largest absolute Gasteiger partial charge is 0.377 e. The number of piperidine rings is 1. The second-order valence-electron chi connectivity index (χ2n) is 6.79. The molecule has 1 saturated heterocycles. The molecule has 0 aromatic carbocycles. The molecule has 1 N–H and O–H groups in total. The van der Waals surface area contributed by atoms with Crippen LogP contribution in [0.3, 0.4) is 0 Å². The summed E-state index contributed by atoms with van der Waals surface area (Å²) in [5, 5.41) is 3.58. The molecule has 2 unspecified atom stereocenters. The van der Waals surface area contributed by atoms with Crippen LogP contribution in [0, 0.1) is 5.92 Å². The Morgan fingerprint density at radius 3 is 2.63 bits per heavy atom. The minimum atomic E-state index is 0.0725. The van der Waals surface area contributed by atoms with Crippen molar-refractivity contribution in [1.82, 2.24) is 10.2 Å². The van der Waals surface area contributed by atoms with Crippen LogP contribution in [0.15, 0.2) is 0 Å². The van der Waals surface area contributed by atoms with E-state index >= 15 is 0 Å². The summed E-state index contributed by atoms with van der Waals surface area (Å²) >= 11 is 0. The maximum Gasteiger partial charge on any atom is 0.0777 e. The van der Waals surface area contributed by atoms with Crippen molar-refractivity contribution in [2.45, 2.75) is 63.5 Å². The SMILES string of the molecule is CNC(CN1CCCC(C)(OC)C1)C1CCCCC1. The van der Waals surface area contributed by atoms with Gasteiger partial charge < -0.3 is 10.1 Å². The Morgan fingerprint density at radius 1 is 1.26 bits per heavy atom. The first-order valence-corrected chi connectivity index (χ1v) is 8.11. The standard InChI is InChI=1S/C16H32N2O/c1-16(19-3)10-7-11-18(13-16)12-15(17-2)14-8-5-4-6-9-14/h14-15,17H,4-13H2,1-3H3. The highest BCUT2D eigenvalue weighted by Gasteiger charge is 2.33. The minimum absolute atomic E-state index is 0.0725. The molecule has 1 heterocycles. The predicted octanol–water partition coefficient (Wildman–Crippen LogP) is 2.66. The van der Waals surface area contributed by atoms with Crippen LogP contribution in [-0.4, -0.2) is 50.3 Å². The van der Waals surface area contributed by atoms with E-state index in [9.17, 15) is 0 Å². The Morgan fingerprint density at radius 2 is 2.00 bits per heavy atom. The van der Waals surface area contributed by atoms with E-state index in [0.717, 1.165) is 12.5 Å². The van der Waals surface area contributed by atoms with Gasteiger partial charge in [0.25, 0.3) is 0 Å². The fourth-order valence-electron chi connectivity index (χ4n) is 3.92. The topological polar surface area (TPSA) is 24.5 Å². The van der Waals surface area contributed by atoms with Crippen LogP contribution >= 0.6 is 0 Å². The summed E-state index contributed by atoms with van der Waals surface area (Å²) in [6.45, 7) is 5.78. The number of nitrogens with one attached hydrogen (secondary N) is 1. The molecule has 0 bridgehead atoms. The maximum atomic E-state index is 5.71. The van der Waals surface area contributed by atoms with Gasteiger partial charge in [-0.25, -0.2) is 0 Å². The van der Waals surface area contributed by atoms with Gasteiger partial charge in [-0.1, -0.05) is 19.3 Å². The molecule has 0 spiro atoms. The van der Waals surface area contributed by atoms with Crippen molar-refractivity contribution in [3.63, 3.8) is 0 Å². The highest BCUT2D eigenvalue weighted by Crippen LogP contribution is 2.29. The second kappa shape index (κ2) is 7.05. The first-order chi connectivity index (χ1) is 9.17. The predicted molar refractivity (Wildman–Crippen MR) is 80.5 cm³/mol. The molecule has 0 radical (unpaired) electrons. The highest BCUT2D eigenvalue weighted by molar-refractivity contribution is 4.88. The maximum absolute atomic E-state index is 5.71. The fourth-order valence-corrected chi connectivity index (χ4v) is 3.92. The summed E-state index contributed by atoms with van der Waals surface area (Å²) in [4.78, 5) is 2.61. The molecule has 3 heteroatoms. The van der Waals surface area contributed by atoms with Crippen LogP contribution in [-0.2, 0) is 4.74 Å². The zero-order chi connectivity index (χ0) is 13.7. The third-order valence-electron chi connectivity index (χ3n) is 5.28. The second-order valence-corrected chi connectivity index (χ2v) is 6.79. The zero-order valence-electron chi connectivity index (χ0n) is 13.1. The van der Waals surface area contributed by atoms with E-state index in [1.54, 1.807) is 0 Å². The van der Waals surface area contributed by atoms with Gasteiger partial charge in [0.15, 0.2) is 0 Å². The van der Waals surface area contributed by atoms with Crippen LogP contribution < -0.4 is 5.32 Å². The lowest BCUT2D eigenvalue weighted by Gasteiger charge is -2.42. The van der Waals surface area contributed by atoms with Crippen molar-refractivity contribution >= 4 is 0 Å². The zero-order valence-corrected chi connectivity index (χ0v) is 13.1. The molecule has 2 atom stereocenters. The molecular formula is C16H32N2O.